The van der Waals surface area contributed by atoms with Crippen LogP contribution in [-0.4, -0.2) is 38.4 Å². The van der Waals surface area contributed by atoms with Crippen molar-refractivity contribution in [1.29, 1.82) is 0 Å². The van der Waals surface area contributed by atoms with E-state index in [-0.39, 0.29) is 5.97 Å². The molecule has 4 nitrogen and oxygen atoms in total. The Bertz CT molecular complexity index is 203. The summed E-state index contributed by atoms with van der Waals surface area (Å²) < 4.78 is 10.4. The summed E-state index contributed by atoms with van der Waals surface area (Å²) in [5.41, 5.74) is 0. The maximum Gasteiger partial charge on any atom is 0.320 e. The molecule has 100 valence electrons. The zero-order valence-corrected chi connectivity index (χ0v) is 10.9. The smallest absolute Gasteiger partial charge is 0.320 e. The Morgan fingerprint density at radius 3 is 2.71 bits per heavy atom. The van der Waals surface area contributed by atoms with Gasteiger partial charge in [0.05, 0.1) is 13.2 Å². The molecule has 1 aliphatic carbocycles. The molecular formula is C13H25NO3. The Hall–Kier alpha value is -0.610. The Balaban J connectivity index is 1.87. The van der Waals surface area contributed by atoms with Gasteiger partial charge in [0, 0.05) is 12.6 Å². The predicted octanol–water partition coefficient (Wildman–Crippen LogP) is 1.88. The number of hydrogen-bond donors (Lipinski definition) is 1. The van der Waals surface area contributed by atoms with E-state index in [4.69, 9.17) is 9.47 Å². The van der Waals surface area contributed by atoms with Crippen molar-refractivity contribution in [3.8, 4) is 0 Å². The fourth-order valence-electron chi connectivity index (χ4n) is 1.97. The molecule has 0 aromatic rings. The van der Waals surface area contributed by atoms with E-state index in [0.29, 0.717) is 25.8 Å². The summed E-state index contributed by atoms with van der Waals surface area (Å²) in [6.07, 6.45) is 7.12. The van der Waals surface area contributed by atoms with E-state index in [9.17, 15) is 4.79 Å². The van der Waals surface area contributed by atoms with Crippen LogP contribution >= 0.6 is 0 Å². The Morgan fingerprint density at radius 2 is 2.00 bits per heavy atom. The summed E-state index contributed by atoms with van der Waals surface area (Å²) in [5.74, 6) is -0.170. The van der Waals surface area contributed by atoms with Crippen LogP contribution in [-0.2, 0) is 14.3 Å². The van der Waals surface area contributed by atoms with Crippen molar-refractivity contribution in [3.05, 3.63) is 0 Å². The van der Waals surface area contributed by atoms with E-state index >= 15 is 0 Å². The van der Waals surface area contributed by atoms with E-state index in [1.54, 1.807) is 0 Å². The molecule has 4 heteroatoms. The van der Waals surface area contributed by atoms with E-state index in [1.807, 2.05) is 0 Å². The zero-order chi connectivity index (χ0) is 12.3. The summed E-state index contributed by atoms with van der Waals surface area (Å²) >= 11 is 0. The van der Waals surface area contributed by atoms with Crippen LogP contribution in [0, 0.1) is 0 Å². The molecule has 0 bridgehead atoms. The molecule has 0 aromatic heterocycles. The van der Waals surface area contributed by atoms with Crippen molar-refractivity contribution in [2.45, 2.75) is 51.5 Å². The molecule has 0 saturated heterocycles. The maximum absolute atomic E-state index is 11.3. The Morgan fingerprint density at radius 1 is 1.24 bits per heavy atom. The van der Waals surface area contributed by atoms with Crippen LogP contribution in [0.5, 0.6) is 0 Å². The average molecular weight is 243 g/mol. The summed E-state index contributed by atoms with van der Waals surface area (Å²) in [5, 5.41) is 3.23. The number of hydrogen-bond acceptors (Lipinski definition) is 4. The molecule has 0 spiro atoms. The molecule has 0 unspecified atom stereocenters. The summed E-state index contributed by atoms with van der Waals surface area (Å²) in [6.45, 7) is 4.09. The largest absolute Gasteiger partial charge is 0.462 e. The number of esters is 1. The topological polar surface area (TPSA) is 47.6 Å². The van der Waals surface area contributed by atoms with Crippen LogP contribution in [0.2, 0.25) is 0 Å². The van der Waals surface area contributed by atoms with Gasteiger partial charge >= 0.3 is 5.97 Å². The minimum absolute atomic E-state index is 0.170. The zero-order valence-electron chi connectivity index (χ0n) is 10.9. The molecular weight excluding hydrogens is 218 g/mol. The van der Waals surface area contributed by atoms with Gasteiger partial charge in [-0.1, -0.05) is 26.2 Å². The van der Waals surface area contributed by atoms with E-state index in [1.165, 1.54) is 25.7 Å². The van der Waals surface area contributed by atoms with Gasteiger partial charge in [-0.2, -0.15) is 0 Å². The first kappa shape index (κ1) is 14.5. The molecule has 1 fully saturated rings. The van der Waals surface area contributed by atoms with Gasteiger partial charge in [0.2, 0.25) is 0 Å². The van der Waals surface area contributed by atoms with Gasteiger partial charge in [-0.25, -0.2) is 0 Å². The number of carbonyl (C=O) groups excluding carboxylic acids is 1. The highest BCUT2D eigenvalue weighted by Crippen LogP contribution is 2.17. The minimum Gasteiger partial charge on any atom is -0.462 e. The van der Waals surface area contributed by atoms with Gasteiger partial charge in [-0.15, -0.1) is 0 Å². The molecule has 0 radical (unpaired) electrons. The van der Waals surface area contributed by atoms with E-state index in [0.717, 1.165) is 19.4 Å². The lowest BCUT2D eigenvalue weighted by molar-refractivity contribution is -0.144. The fraction of sp³-hybridized carbons (Fsp3) is 0.923. The SMILES string of the molecule is CCCCOCCOC(=O)CNC1CCCC1. The molecule has 17 heavy (non-hydrogen) atoms. The van der Waals surface area contributed by atoms with Crippen LogP contribution in [0.3, 0.4) is 0 Å². The molecule has 0 atom stereocenters. The highest BCUT2D eigenvalue weighted by Gasteiger charge is 2.15. The van der Waals surface area contributed by atoms with Gasteiger partial charge in [-0.05, 0) is 19.3 Å². The van der Waals surface area contributed by atoms with Crippen LogP contribution < -0.4 is 5.32 Å². The Labute approximate surface area is 104 Å². The Kier molecular flexibility index (Phi) is 8.01. The third kappa shape index (κ3) is 7.34. The third-order valence-electron chi connectivity index (χ3n) is 3.02. The van der Waals surface area contributed by atoms with Gasteiger partial charge in [0.25, 0.3) is 0 Å². The monoisotopic (exact) mass is 243 g/mol. The number of rotatable bonds is 9. The quantitative estimate of drug-likeness (QED) is 0.496. The van der Waals surface area contributed by atoms with Gasteiger partial charge < -0.3 is 14.8 Å². The lowest BCUT2D eigenvalue weighted by atomic mass is 10.2. The van der Waals surface area contributed by atoms with E-state index < -0.39 is 0 Å². The lowest BCUT2D eigenvalue weighted by Gasteiger charge is -2.11. The molecule has 1 N–H and O–H groups in total. The van der Waals surface area contributed by atoms with Crippen LogP contribution in [0.1, 0.15) is 45.4 Å². The van der Waals surface area contributed by atoms with Gasteiger partial charge in [0.1, 0.15) is 6.61 Å². The van der Waals surface area contributed by atoms with Gasteiger partial charge in [-0.3, -0.25) is 4.79 Å². The highest BCUT2D eigenvalue weighted by molar-refractivity contribution is 5.71. The van der Waals surface area contributed by atoms with Crippen molar-refractivity contribution in [2.75, 3.05) is 26.4 Å². The summed E-state index contributed by atoms with van der Waals surface area (Å²) in [6, 6.07) is 0.517. The highest BCUT2D eigenvalue weighted by atomic mass is 16.6. The molecule has 1 saturated carbocycles. The molecule has 0 heterocycles. The number of carbonyl (C=O) groups is 1. The first-order valence-corrected chi connectivity index (χ1v) is 6.79. The van der Waals surface area contributed by atoms with Crippen molar-refractivity contribution >= 4 is 5.97 Å². The molecule has 1 aliphatic rings. The van der Waals surface area contributed by atoms with Crippen molar-refractivity contribution in [3.63, 3.8) is 0 Å². The number of nitrogens with one attached hydrogen (secondary N) is 1. The molecule has 0 aromatic carbocycles. The van der Waals surface area contributed by atoms with Crippen LogP contribution in [0.25, 0.3) is 0 Å². The minimum atomic E-state index is -0.170. The molecule has 1 rings (SSSR count). The van der Waals surface area contributed by atoms with Crippen molar-refractivity contribution < 1.29 is 14.3 Å². The van der Waals surface area contributed by atoms with Gasteiger partial charge in [0.15, 0.2) is 0 Å². The number of unbranched alkanes of at least 4 members (excludes halogenated alkanes) is 1. The second-order valence-corrected chi connectivity index (χ2v) is 4.55. The second-order valence-electron chi connectivity index (χ2n) is 4.55. The normalized spacial score (nSPS) is 16.3. The van der Waals surface area contributed by atoms with Crippen molar-refractivity contribution in [1.82, 2.24) is 5.32 Å². The standard InChI is InChI=1S/C13H25NO3/c1-2-3-8-16-9-10-17-13(15)11-14-12-6-4-5-7-12/h12,14H,2-11H2,1H3. The second kappa shape index (κ2) is 9.42. The first-order chi connectivity index (χ1) is 8.33. The molecule has 0 amide bonds. The number of ether oxygens (including phenoxy) is 2. The summed E-state index contributed by atoms with van der Waals surface area (Å²) in [4.78, 5) is 11.3. The van der Waals surface area contributed by atoms with Crippen LogP contribution in [0.15, 0.2) is 0 Å². The fourth-order valence-corrected chi connectivity index (χ4v) is 1.97. The third-order valence-corrected chi connectivity index (χ3v) is 3.02. The molecule has 0 aliphatic heterocycles. The van der Waals surface area contributed by atoms with Crippen LogP contribution in [0.4, 0.5) is 0 Å². The average Bonchev–Trinajstić information content (AvgIpc) is 2.84. The summed E-state index contributed by atoms with van der Waals surface area (Å²) in [7, 11) is 0. The maximum atomic E-state index is 11.3. The van der Waals surface area contributed by atoms with Crippen molar-refractivity contribution in [2.24, 2.45) is 0 Å². The lowest BCUT2D eigenvalue weighted by Crippen LogP contribution is -2.32. The predicted molar refractivity (Wildman–Crippen MR) is 66.9 cm³/mol. The first-order valence-electron chi connectivity index (χ1n) is 6.79. The van der Waals surface area contributed by atoms with E-state index in [2.05, 4.69) is 12.2 Å².